The molecular weight excluding hydrogens is 300 g/mol. The molecule has 0 rings (SSSR count). The molecule has 0 saturated heterocycles. The van der Waals surface area contributed by atoms with Crippen molar-refractivity contribution in [1.82, 2.24) is 0 Å². The Balaban J connectivity index is 3.58. The van der Waals surface area contributed by atoms with Gasteiger partial charge in [-0.15, -0.1) is 0 Å². The Bertz CT molecular complexity index is 341. The highest BCUT2D eigenvalue weighted by atomic mass is 32.2. The van der Waals surface area contributed by atoms with Crippen LogP contribution < -0.4 is 0 Å². The summed E-state index contributed by atoms with van der Waals surface area (Å²) in [6, 6.07) is 0. The van der Waals surface area contributed by atoms with E-state index in [4.69, 9.17) is 4.55 Å². The first kappa shape index (κ1) is 21.9. The van der Waals surface area contributed by atoms with Gasteiger partial charge in [-0.25, -0.2) is 0 Å². The van der Waals surface area contributed by atoms with Crippen LogP contribution in [0.1, 0.15) is 97.3 Å². The molecule has 0 aromatic rings. The SMILES string of the molecule is CCCCCCCCCCCCCC(C(O)CC)S(=O)(=O)O. The van der Waals surface area contributed by atoms with Crippen molar-refractivity contribution in [3.05, 3.63) is 0 Å². The van der Waals surface area contributed by atoms with Crippen LogP contribution in [-0.2, 0) is 10.1 Å². The molecule has 0 aromatic heterocycles. The van der Waals surface area contributed by atoms with Crippen LogP contribution in [0.2, 0.25) is 0 Å². The number of aliphatic hydroxyl groups is 1. The zero-order valence-corrected chi connectivity index (χ0v) is 15.3. The molecular formula is C17H36O4S. The second-order valence-corrected chi connectivity index (χ2v) is 7.99. The summed E-state index contributed by atoms with van der Waals surface area (Å²) >= 11 is 0. The Labute approximate surface area is 137 Å². The molecule has 0 radical (unpaired) electrons. The summed E-state index contributed by atoms with van der Waals surface area (Å²) < 4.78 is 31.6. The molecule has 0 aromatic carbocycles. The lowest BCUT2D eigenvalue weighted by molar-refractivity contribution is 0.155. The second kappa shape index (κ2) is 13.3. The molecule has 22 heavy (non-hydrogen) atoms. The predicted molar refractivity (Wildman–Crippen MR) is 92.7 cm³/mol. The van der Waals surface area contributed by atoms with Crippen molar-refractivity contribution in [3.8, 4) is 0 Å². The van der Waals surface area contributed by atoms with Crippen molar-refractivity contribution >= 4 is 10.1 Å². The summed E-state index contributed by atoms with van der Waals surface area (Å²) in [6.45, 7) is 3.95. The van der Waals surface area contributed by atoms with Crippen molar-refractivity contribution in [2.45, 2.75) is 109 Å². The topological polar surface area (TPSA) is 74.6 Å². The Hall–Kier alpha value is -0.130. The number of unbranched alkanes of at least 4 members (excludes halogenated alkanes) is 10. The first-order chi connectivity index (χ1) is 10.4. The van der Waals surface area contributed by atoms with Crippen molar-refractivity contribution < 1.29 is 18.1 Å². The first-order valence-corrected chi connectivity index (χ1v) is 10.6. The fraction of sp³-hybridized carbons (Fsp3) is 1.00. The van der Waals surface area contributed by atoms with E-state index in [2.05, 4.69) is 6.92 Å². The summed E-state index contributed by atoms with van der Waals surface area (Å²) in [5.74, 6) is 0. The third-order valence-corrected chi connectivity index (χ3v) is 5.64. The van der Waals surface area contributed by atoms with E-state index < -0.39 is 21.5 Å². The van der Waals surface area contributed by atoms with Crippen molar-refractivity contribution in [2.24, 2.45) is 0 Å². The van der Waals surface area contributed by atoms with Gasteiger partial charge in [-0.1, -0.05) is 84.5 Å². The van der Waals surface area contributed by atoms with Gasteiger partial charge in [-0.3, -0.25) is 4.55 Å². The smallest absolute Gasteiger partial charge is 0.270 e. The van der Waals surface area contributed by atoms with E-state index in [0.29, 0.717) is 12.8 Å². The predicted octanol–water partition coefficient (Wildman–Crippen LogP) is 4.71. The molecule has 0 spiro atoms. The third-order valence-electron chi connectivity index (χ3n) is 4.32. The zero-order chi connectivity index (χ0) is 16.8. The van der Waals surface area contributed by atoms with Gasteiger partial charge < -0.3 is 5.11 Å². The van der Waals surface area contributed by atoms with Crippen LogP contribution in [0.3, 0.4) is 0 Å². The average molecular weight is 337 g/mol. The van der Waals surface area contributed by atoms with Gasteiger partial charge in [-0.05, 0) is 12.8 Å². The van der Waals surface area contributed by atoms with E-state index in [1.807, 2.05) is 0 Å². The van der Waals surface area contributed by atoms with Gasteiger partial charge in [-0.2, -0.15) is 8.42 Å². The van der Waals surface area contributed by atoms with Crippen molar-refractivity contribution in [3.63, 3.8) is 0 Å². The Kier molecular flexibility index (Phi) is 13.2. The zero-order valence-electron chi connectivity index (χ0n) is 14.5. The van der Waals surface area contributed by atoms with Gasteiger partial charge in [0.15, 0.2) is 0 Å². The molecule has 5 heteroatoms. The summed E-state index contributed by atoms with van der Waals surface area (Å²) in [5.41, 5.74) is 0. The Morgan fingerprint density at radius 2 is 1.18 bits per heavy atom. The maximum absolute atomic E-state index is 11.2. The minimum absolute atomic E-state index is 0.350. The largest absolute Gasteiger partial charge is 0.392 e. The highest BCUT2D eigenvalue weighted by Gasteiger charge is 2.29. The van der Waals surface area contributed by atoms with Crippen LogP contribution in [0.25, 0.3) is 0 Å². The minimum atomic E-state index is -4.14. The van der Waals surface area contributed by atoms with Crippen molar-refractivity contribution in [2.75, 3.05) is 0 Å². The lowest BCUT2D eigenvalue weighted by atomic mass is 10.0. The van der Waals surface area contributed by atoms with Gasteiger partial charge in [0.2, 0.25) is 0 Å². The fourth-order valence-electron chi connectivity index (χ4n) is 2.81. The maximum Gasteiger partial charge on any atom is 0.270 e. The highest BCUT2D eigenvalue weighted by molar-refractivity contribution is 7.86. The maximum atomic E-state index is 11.2. The van der Waals surface area contributed by atoms with Crippen LogP contribution in [0.4, 0.5) is 0 Å². The van der Waals surface area contributed by atoms with Gasteiger partial charge in [0.1, 0.15) is 5.25 Å². The molecule has 4 nitrogen and oxygen atoms in total. The van der Waals surface area contributed by atoms with Gasteiger partial charge >= 0.3 is 0 Å². The van der Waals surface area contributed by atoms with Crippen molar-refractivity contribution in [1.29, 1.82) is 0 Å². The number of hydrogen-bond donors (Lipinski definition) is 2. The van der Waals surface area contributed by atoms with Gasteiger partial charge in [0.25, 0.3) is 10.1 Å². The molecule has 0 heterocycles. The van der Waals surface area contributed by atoms with E-state index in [0.717, 1.165) is 19.3 Å². The standard InChI is InChI=1S/C17H36O4S/c1-3-5-6-7-8-9-10-11-12-13-14-15-17(16(18)4-2)22(19,20)21/h16-18H,3-15H2,1-2H3,(H,19,20,21). The van der Waals surface area contributed by atoms with E-state index in [9.17, 15) is 13.5 Å². The fourth-order valence-corrected chi connectivity index (χ4v) is 3.87. The molecule has 2 unspecified atom stereocenters. The van der Waals surface area contributed by atoms with Crippen LogP contribution in [0, 0.1) is 0 Å². The highest BCUT2D eigenvalue weighted by Crippen LogP contribution is 2.18. The summed E-state index contributed by atoms with van der Waals surface area (Å²) in [5, 5.41) is 8.66. The third kappa shape index (κ3) is 11.4. The van der Waals surface area contributed by atoms with Gasteiger partial charge in [0.05, 0.1) is 6.10 Å². The molecule has 2 N–H and O–H groups in total. The number of aliphatic hydroxyl groups excluding tert-OH is 1. The van der Waals surface area contributed by atoms with E-state index in [-0.39, 0.29) is 0 Å². The second-order valence-electron chi connectivity index (χ2n) is 6.35. The lowest BCUT2D eigenvalue weighted by Gasteiger charge is -2.18. The van der Waals surface area contributed by atoms with Crippen LogP contribution in [-0.4, -0.2) is 29.4 Å². The molecule has 2 atom stereocenters. The van der Waals surface area contributed by atoms with E-state index in [1.165, 1.54) is 51.4 Å². The Morgan fingerprint density at radius 1 is 0.773 bits per heavy atom. The van der Waals surface area contributed by atoms with Crippen LogP contribution in [0.5, 0.6) is 0 Å². The molecule has 0 fully saturated rings. The molecule has 0 saturated carbocycles. The summed E-state index contributed by atoms with van der Waals surface area (Å²) in [4.78, 5) is 0. The molecule has 0 aliphatic rings. The number of rotatable bonds is 15. The quantitative estimate of drug-likeness (QED) is 0.335. The molecule has 0 aliphatic heterocycles. The Morgan fingerprint density at radius 3 is 1.55 bits per heavy atom. The molecule has 0 bridgehead atoms. The monoisotopic (exact) mass is 336 g/mol. The molecule has 0 aliphatic carbocycles. The lowest BCUT2D eigenvalue weighted by Crippen LogP contribution is -2.33. The summed E-state index contributed by atoms with van der Waals surface area (Å²) in [7, 11) is -4.14. The van der Waals surface area contributed by atoms with Crippen LogP contribution in [0.15, 0.2) is 0 Å². The van der Waals surface area contributed by atoms with Gasteiger partial charge in [0, 0.05) is 0 Å². The molecule has 134 valence electrons. The number of hydrogen-bond acceptors (Lipinski definition) is 3. The van der Waals surface area contributed by atoms with E-state index in [1.54, 1.807) is 6.92 Å². The minimum Gasteiger partial charge on any atom is -0.392 e. The first-order valence-electron chi connectivity index (χ1n) is 9.07. The average Bonchev–Trinajstić information content (AvgIpc) is 2.46. The summed E-state index contributed by atoms with van der Waals surface area (Å²) in [6.07, 6.45) is 13.0. The van der Waals surface area contributed by atoms with Crippen LogP contribution >= 0.6 is 0 Å². The normalized spacial score (nSPS) is 14.9. The van der Waals surface area contributed by atoms with E-state index >= 15 is 0 Å². The molecule has 0 amide bonds.